The van der Waals surface area contributed by atoms with Gasteiger partial charge in [0.25, 0.3) is 5.97 Å². The number of halogens is 6. The Morgan fingerprint density at radius 3 is 1.36 bits per heavy atom. The summed E-state index contributed by atoms with van der Waals surface area (Å²) >= 11 is 0. The fourth-order valence-electron chi connectivity index (χ4n) is 4.17. The van der Waals surface area contributed by atoms with Crippen LogP contribution in [0.1, 0.15) is 116 Å². The van der Waals surface area contributed by atoms with Crippen LogP contribution in [0, 0.1) is 0 Å². The van der Waals surface area contributed by atoms with Gasteiger partial charge in [0.2, 0.25) is 0 Å². The van der Waals surface area contributed by atoms with E-state index in [1.807, 2.05) is 0 Å². The summed E-state index contributed by atoms with van der Waals surface area (Å²) < 4.78 is 100. The first-order valence-electron chi connectivity index (χ1n) is 12.8. The van der Waals surface area contributed by atoms with Crippen LogP contribution in [0.15, 0.2) is 18.2 Å². The van der Waals surface area contributed by atoms with E-state index < -0.39 is 53.7 Å². The van der Waals surface area contributed by atoms with Gasteiger partial charge in [-0.1, -0.05) is 45.4 Å². The van der Waals surface area contributed by atoms with E-state index in [1.54, 1.807) is 41.5 Å². The molecular weight excluding hydrogens is 486 g/mol. The molecule has 1 aromatic carbocycles. The summed E-state index contributed by atoms with van der Waals surface area (Å²) in [5.41, 5.74) is -2.91. The van der Waals surface area contributed by atoms with Gasteiger partial charge in [-0.05, 0) is 71.7 Å². The molecule has 0 aliphatic rings. The molecule has 1 unspecified atom stereocenters. The van der Waals surface area contributed by atoms with Crippen molar-refractivity contribution in [2.75, 3.05) is 0 Å². The molecule has 210 valence electrons. The normalized spacial score (nSPS) is 14.3. The largest absolute Gasteiger partial charge is 0.416 e. The summed E-state index contributed by atoms with van der Waals surface area (Å²) in [6.07, 6.45) is -5.68. The van der Waals surface area contributed by atoms with Gasteiger partial charge < -0.3 is 14.2 Å². The van der Waals surface area contributed by atoms with Crippen LogP contribution in [-0.4, -0.2) is 24.3 Å². The van der Waals surface area contributed by atoms with E-state index in [-0.39, 0.29) is 18.1 Å². The summed E-state index contributed by atoms with van der Waals surface area (Å²) in [4.78, 5) is 0. The monoisotopic (exact) mass is 528 g/mol. The van der Waals surface area contributed by atoms with Gasteiger partial charge in [0.15, 0.2) is 0 Å². The minimum atomic E-state index is -4.96. The van der Waals surface area contributed by atoms with Crippen LogP contribution < -0.4 is 0 Å². The van der Waals surface area contributed by atoms with Crippen LogP contribution in [-0.2, 0) is 26.6 Å². The fourth-order valence-corrected chi connectivity index (χ4v) is 4.17. The van der Waals surface area contributed by atoms with Gasteiger partial charge in [0, 0.05) is 0 Å². The van der Waals surface area contributed by atoms with E-state index >= 15 is 0 Å². The van der Waals surface area contributed by atoms with Crippen molar-refractivity contribution in [1.29, 1.82) is 0 Å². The Kier molecular flexibility index (Phi) is 12.7. The van der Waals surface area contributed by atoms with Crippen molar-refractivity contribution in [3.63, 3.8) is 0 Å². The fraction of sp³-hybridized carbons (Fsp3) is 0.778. The molecule has 0 aliphatic carbocycles. The Morgan fingerprint density at radius 1 is 0.611 bits per heavy atom. The van der Waals surface area contributed by atoms with Crippen LogP contribution in [0.4, 0.5) is 26.3 Å². The zero-order chi connectivity index (χ0) is 27.7. The maximum atomic E-state index is 13.7. The lowest BCUT2D eigenvalue weighted by Crippen LogP contribution is -2.49. The van der Waals surface area contributed by atoms with Gasteiger partial charge >= 0.3 is 12.4 Å². The van der Waals surface area contributed by atoms with Gasteiger partial charge in [-0.3, -0.25) is 0 Å². The van der Waals surface area contributed by atoms with Crippen LogP contribution in [0.5, 0.6) is 0 Å². The number of benzene rings is 1. The predicted molar refractivity (Wildman–Crippen MR) is 129 cm³/mol. The molecule has 0 radical (unpaired) electrons. The highest BCUT2D eigenvalue weighted by atomic mass is 19.4. The Hall–Kier alpha value is -1.32. The first-order valence-corrected chi connectivity index (χ1v) is 12.8. The second-order valence-corrected chi connectivity index (χ2v) is 10.1. The molecule has 1 atom stereocenters. The molecule has 1 rings (SSSR count). The lowest BCUT2D eigenvalue weighted by molar-refractivity contribution is -0.420. The molecule has 0 saturated heterocycles. The van der Waals surface area contributed by atoms with E-state index in [1.165, 1.54) is 0 Å². The van der Waals surface area contributed by atoms with Gasteiger partial charge in [0.05, 0.1) is 35.4 Å². The number of hydrogen-bond acceptors (Lipinski definition) is 3. The Bertz CT molecular complexity index is 713. The Labute approximate surface area is 211 Å². The van der Waals surface area contributed by atoms with Crippen molar-refractivity contribution in [3.05, 3.63) is 34.9 Å². The topological polar surface area (TPSA) is 27.7 Å². The van der Waals surface area contributed by atoms with Gasteiger partial charge in [0.1, 0.15) is 0 Å². The molecular formula is C27H42F6O3. The summed E-state index contributed by atoms with van der Waals surface area (Å²) in [5.74, 6) is -2.90. The van der Waals surface area contributed by atoms with Crippen molar-refractivity contribution in [1.82, 2.24) is 0 Å². The molecule has 0 N–H and O–H groups in total. The maximum Gasteiger partial charge on any atom is 0.416 e. The summed E-state index contributed by atoms with van der Waals surface area (Å²) in [5, 5.41) is 0. The minimum absolute atomic E-state index is 0.142. The third-order valence-corrected chi connectivity index (χ3v) is 5.49. The minimum Gasteiger partial charge on any atom is -0.324 e. The van der Waals surface area contributed by atoms with Crippen molar-refractivity contribution in [2.45, 2.75) is 136 Å². The Balaban J connectivity index is 3.72. The van der Waals surface area contributed by atoms with E-state index in [0.29, 0.717) is 6.42 Å². The second-order valence-electron chi connectivity index (χ2n) is 10.1. The van der Waals surface area contributed by atoms with E-state index in [0.717, 1.165) is 44.2 Å². The van der Waals surface area contributed by atoms with Crippen LogP contribution in [0.3, 0.4) is 0 Å². The predicted octanol–water partition coefficient (Wildman–Crippen LogP) is 9.49. The third kappa shape index (κ3) is 10.6. The molecule has 1 aromatic rings. The first kappa shape index (κ1) is 32.7. The molecule has 36 heavy (non-hydrogen) atoms. The average molecular weight is 529 g/mol. The molecule has 0 fully saturated rings. The lowest BCUT2D eigenvalue weighted by Gasteiger charge is -2.43. The van der Waals surface area contributed by atoms with E-state index in [4.69, 9.17) is 14.2 Å². The molecule has 0 amide bonds. The molecule has 0 bridgehead atoms. The van der Waals surface area contributed by atoms with Crippen molar-refractivity contribution in [3.8, 4) is 0 Å². The van der Waals surface area contributed by atoms with E-state index in [9.17, 15) is 26.3 Å². The van der Waals surface area contributed by atoms with Crippen LogP contribution in [0.25, 0.3) is 0 Å². The highest BCUT2D eigenvalue weighted by molar-refractivity contribution is 5.36. The first-order chi connectivity index (χ1) is 16.5. The van der Waals surface area contributed by atoms with Crippen molar-refractivity contribution >= 4 is 0 Å². The summed E-state index contributed by atoms with van der Waals surface area (Å²) in [6.45, 7) is 12.4. The number of ether oxygens (including phenoxy) is 3. The number of unbranched alkanes of at least 4 members (excludes halogenated alkanes) is 5. The molecule has 3 nitrogen and oxygen atoms in total. The summed E-state index contributed by atoms with van der Waals surface area (Å²) in [7, 11) is 0. The standard InChI is InChI=1S/C27H42F6O3/c1-8-9-10-11-12-13-14-24(27(34-18(2)3,35-19(4)5)36-20(6)7)21-15-22(25(28,29)30)17-23(16-21)26(31,32)33/h15-20,24H,8-14H2,1-7H3. The average Bonchev–Trinajstić information content (AvgIpc) is 2.69. The summed E-state index contributed by atoms with van der Waals surface area (Å²) in [6, 6.07) is 1.68. The number of hydrogen-bond donors (Lipinski definition) is 0. The second kappa shape index (κ2) is 14.0. The highest BCUT2D eigenvalue weighted by Crippen LogP contribution is 2.44. The SMILES string of the molecule is CCCCCCCCC(c1cc(C(F)(F)F)cc(C(F)(F)F)c1)C(OC(C)C)(OC(C)C)OC(C)C. The molecule has 0 heterocycles. The van der Waals surface area contributed by atoms with Gasteiger partial charge in [-0.2, -0.15) is 26.3 Å². The van der Waals surface area contributed by atoms with Crippen molar-refractivity contribution in [2.24, 2.45) is 0 Å². The lowest BCUT2D eigenvalue weighted by atomic mass is 9.87. The van der Waals surface area contributed by atoms with Crippen LogP contribution >= 0.6 is 0 Å². The molecule has 0 aromatic heterocycles. The molecule has 0 saturated carbocycles. The van der Waals surface area contributed by atoms with Gasteiger partial charge in [-0.25, -0.2) is 0 Å². The van der Waals surface area contributed by atoms with Crippen molar-refractivity contribution < 1.29 is 40.6 Å². The molecule has 0 aliphatic heterocycles. The number of alkyl halides is 6. The quantitative estimate of drug-likeness (QED) is 0.129. The molecule has 0 spiro atoms. The number of rotatable bonds is 15. The molecule has 9 heteroatoms. The third-order valence-electron chi connectivity index (χ3n) is 5.49. The zero-order valence-corrected chi connectivity index (χ0v) is 22.5. The van der Waals surface area contributed by atoms with E-state index in [2.05, 4.69) is 6.92 Å². The zero-order valence-electron chi connectivity index (χ0n) is 22.5. The van der Waals surface area contributed by atoms with Gasteiger partial charge in [-0.15, -0.1) is 0 Å². The highest BCUT2D eigenvalue weighted by Gasteiger charge is 2.47. The Morgan fingerprint density at radius 2 is 1.00 bits per heavy atom. The maximum absolute atomic E-state index is 13.7. The van der Waals surface area contributed by atoms with Crippen LogP contribution in [0.2, 0.25) is 0 Å². The smallest absolute Gasteiger partial charge is 0.324 e.